The van der Waals surface area contributed by atoms with E-state index in [9.17, 15) is 0 Å². The van der Waals surface area contributed by atoms with E-state index in [2.05, 4.69) is 6.08 Å². The lowest BCUT2D eigenvalue weighted by atomic mass is 9.82. The second-order valence-electron chi connectivity index (χ2n) is 4.25. The quantitative estimate of drug-likeness (QED) is 0.447. The van der Waals surface area contributed by atoms with Crippen molar-refractivity contribution in [1.82, 2.24) is 0 Å². The predicted molar refractivity (Wildman–Crippen MR) is 41.7 cm³/mol. The van der Waals surface area contributed by atoms with Crippen molar-refractivity contribution in [2.24, 2.45) is 11.3 Å². The first-order valence-corrected chi connectivity index (χ1v) is 4.61. The molecule has 0 aromatic heterocycles. The zero-order valence-electron chi connectivity index (χ0n) is 6.40. The molecule has 2 saturated carbocycles. The molecule has 0 aromatic carbocycles. The largest absolute Gasteiger partial charge is 0.0845 e. The maximum atomic E-state index is 2.55. The van der Waals surface area contributed by atoms with E-state index >= 15 is 0 Å². The SMILES string of the molecule is C1=C2C3CCC2(CC1)CC3. The molecular formula is C10H14. The van der Waals surface area contributed by atoms with Gasteiger partial charge in [-0.3, -0.25) is 0 Å². The summed E-state index contributed by atoms with van der Waals surface area (Å²) in [6.07, 6.45) is 11.5. The minimum atomic E-state index is 0.782. The molecule has 0 unspecified atom stereocenters. The molecule has 0 aromatic rings. The molecule has 0 amide bonds. The third-order valence-electron chi connectivity index (χ3n) is 3.98. The highest BCUT2D eigenvalue weighted by molar-refractivity contribution is 5.31. The second-order valence-corrected chi connectivity index (χ2v) is 4.25. The minimum Gasteiger partial charge on any atom is -0.0845 e. The van der Waals surface area contributed by atoms with E-state index in [1.165, 1.54) is 38.5 Å². The summed E-state index contributed by atoms with van der Waals surface area (Å²) in [4.78, 5) is 0. The standard InChI is InChI=1S/C10H14/c1-2-9-8-3-6-10(9,5-1)7-4-8/h2,8H,1,3-7H2. The minimum absolute atomic E-state index is 0.782. The lowest BCUT2D eigenvalue weighted by molar-refractivity contribution is 0.315. The van der Waals surface area contributed by atoms with E-state index in [0.29, 0.717) is 0 Å². The van der Waals surface area contributed by atoms with Crippen molar-refractivity contribution in [3.8, 4) is 0 Å². The maximum absolute atomic E-state index is 2.55. The second kappa shape index (κ2) is 1.49. The zero-order chi connectivity index (χ0) is 6.60. The van der Waals surface area contributed by atoms with Crippen molar-refractivity contribution in [2.75, 3.05) is 0 Å². The van der Waals surface area contributed by atoms with Crippen LogP contribution in [0.1, 0.15) is 38.5 Å². The average molecular weight is 134 g/mol. The van der Waals surface area contributed by atoms with Crippen LogP contribution in [0.4, 0.5) is 0 Å². The molecule has 10 heavy (non-hydrogen) atoms. The maximum Gasteiger partial charge on any atom is -0.00819 e. The summed E-state index contributed by atoms with van der Waals surface area (Å²) in [6.45, 7) is 0. The molecule has 2 fully saturated rings. The van der Waals surface area contributed by atoms with Crippen molar-refractivity contribution >= 4 is 0 Å². The van der Waals surface area contributed by atoms with Gasteiger partial charge in [0, 0.05) is 0 Å². The first-order chi connectivity index (χ1) is 4.91. The smallest absolute Gasteiger partial charge is 0.00819 e. The predicted octanol–water partition coefficient (Wildman–Crippen LogP) is 2.90. The van der Waals surface area contributed by atoms with Gasteiger partial charge in [-0.25, -0.2) is 0 Å². The Hall–Kier alpha value is -0.260. The average Bonchev–Trinajstić information content (AvgIpc) is 2.49. The summed E-state index contributed by atoms with van der Waals surface area (Å²) in [5.74, 6) is 1.04. The topological polar surface area (TPSA) is 0 Å². The Labute approximate surface area is 62.3 Å². The molecule has 0 atom stereocenters. The summed E-state index contributed by atoms with van der Waals surface area (Å²) in [6, 6.07) is 0. The highest BCUT2D eigenvalue weighted by atomic mass is 14.5. The Morgan fingerprint density at radius 2 is 2.00 bits per heavy atom. The first kappa shape index (κ1) is 5.40. The van der Waals surface area contributed by atoms with Crippen LogP contribution in [0.25, 0.3) is 0 Å². The van der Waals surface area contributed by atoms with Gasteiger partial charge in [-0.2, -0.15) is 0 Å². The van der Waals surface area contributed by atoms with Crippen molar-refractivity contribution < 1.29 is 0 Å². The highest BCUT2D eigenvalue weighted by Gasteiger charge is 2.50. The van der Waals surface area contributed by atoms with Gasteiger partial charge in [-0.1, -0.05) is 11.6 Å². The molecule has 0 nitrogen and oxygen atoms in total. The summed E-state index contributed by atoms with van der Waals surface area (Å²) >= 11 is 0. The van der Waals surface area contributed by atoms with Crippen LogP contribution in [0.2, 0.25) is 0 Å². The van der Waals surface area contributed by atoms with E-state index in [4.69, 9.17) is 0 Å². The van der Waals surface area contributed by atoms with Gasteiger partial charge in [0.05, 0.1) is 0 Å². The van der Waals surface area contributed by atoms with E-state index in [1.807, 2.05) is 5.57 Å². The molecule has 0 aliphatic heterocycles. The lowest BCUT2D eigenvalue weighted by Crippen LogP contribution is -2.11. The summed E-state index contributed by atoms with van der Waals surface area (Å²) in [5.41, 5.74) is 2.66. The third-order valence-corrected chi connectivity index (χ3v) is 3.98. The number of hydrogen-bond acceptors (Lipinski definition) is 0. The molecule has 0 heteroatoms. The molecule has 0 radical (unpaired) electrons. The van der Waals surface area contributed by atoms with Crippen molar-refractivity contribution in [3.05, 3.63) is 11.6 Å². The van der Waals surface area contributed by atoms with Gasteiger partial charge in [0.15, 0.2) is 0 Å². The van der Waals surface area contributed by atoms with Crippen LogP contribution >= 0.6 is 0 Å². The van der Waals surface area contributed by atoms with Crippen LogP contribution in [0.3, 0.4) is 0 Å². The molecule has 2 bridgehead atoms. The molecular weight excluding hydrogens is 120 g/mol. The Bertz CT molecular complexity index is 192. The fourth-order valence-corrected chi connectivity index (χ4v) is 3.48. The molecule has 0 saturated heterocycles. The molecule has 3 aliphatic carbocycles. The van der Waals surface area contributed by atoms with Crippen LogP contribution in [-0.4, -0.2) is 0 Å². The summed E-state index contributed by atoms with van der Waals surface area (Å²) in [7, 11) is 0. The van der Waals surface area contributed by atoms with Gasteiger partial charge in [-0.15, -0.1) is 0 Å². The van der Waals surface area contributed by atoms with Crippen LogP contribution < -0.4 is 0 Å². The Balaban J connectivity index is 2.14. The van der Waals surface area contributed by atoms with Crippen LogP contribution in [0, 0.1) is 11.3 Å². The van der Waals surface area contributed by atoms with Gasteiger partial charge >= 0.3 is 0 Å². The molecule has 54 valence electrons. The van der Waals surface area contributed by atoms with Gasteiger partial charge in [0.1, 0.15) is 0 Å². The third kappa shape index (κ3) is 0.426. The van der Waals surface area contributed by atoms with E-state index in [1.54, 1.807) is 0 Å². The molecule has 0 N–H and O–H groups in total. The molecule has 0 heterocycles. The van der Waals surface area contributed by atoms with Gasteiger partial charge in [0.2, 0.25) is 0 Å². The van der Waals surface area contributed by atoms with E-state index in [0.717, 1.165) is 11.3 Å². The van der Waals surface area contributed by atoms with Crippen LogP contribution in [0.5, 0.6) is 0 Å². The van der Waals surface area contributed by atoms with Crippen molar-refractivity contribution in [3.63, 3.8) is 0 Å². The normalized spacial score (nSPS) is 49.6. The summed E-state index contributed by atoms with van der Waals surface area (Å²) < 4.78 is 0. The van der Waals surface area contributed by atoms with Crippen molar-refractivity contribution in [2.45, 2.75) is 38.5 Å². The number of hydrogen-bond donors (Lipinski definition) is 0. The first-order valence-electron chi connectivity index (χ1n) is 4.61. The molecule has 0 spiro atoms. The van der Waals surface area contributed by atoms with Crippen LogP contribution in [0.15, 0.2) is 11.6 Å². The van der Waals surface area contributed by atoms with Crippen LogP contribution in [-0.2, 0) is 0 Å². The van der Waals surface area contributed by atoms with E-state index in [-0.39, 0.29) is 0 Å². The zero-order valence-corrected chi connectivity index (χ0v) is 6.40. The number of allylic oxidation sites excluding steroid dienone is 2. The highest BCUT2D eigenvalue weighted by Crippen LogP contribution is 2.63. The summed E-state index contributed by atoms with van der Waals surface area (Å²) in [5, 5.41) is 0. The fourth-order valence-electron chi connectivity index (χ4n) is 3.48. The van der Waals surface area contributed by atoms with Gasteiger partial charge < -0.3 is 0 Å². The van der Waals surface area contributed by atoms with Crippen molar-refractivity contribution in [1.29, 1.82) is 0 Å². The molecule has 3 rings (SSSR count). The fraction of sp³-hybridized carbons (Fsp3) is 0.800. The molecule has 3 aliphatic rings. The van der Waals surface area contributed by atoms with Gasteiger partial charge in [0.25, 0.3) is 0 Å². The van der Waals surface area contributed by atoms with E-state index < -0.39 is 0 Å². The monoisotopic (exact) mass is 134 g/mol. The number of rotatable bonds is 0. The Kier molecular flexibility index (Phi) is 0.805. The lowest BCUT2D eigenvalue weighted by Gasteiger charge is -2.22. The Morgan fingerprint density at radius 1 is 1.20 bits per heavy atom. The Morgan fingerprint density at radius 3 is 2.70 bits per heavy atom. The van der Waals surface area contributed by atoms with Gasteiger partial charge in [-0.05, 0) is 49.9 Å².